The predicted octanol–water partition coefficient (Wildman–Crippen LogP) is 4.56. The number of fused-ring (bicyclic) bond motifs is 1. The number of amides is 1. The first-order chi connectivity index (χ1) is 21.4. The van der Waals surface area contributed by atoms with Crippen LogP contribution in [0.2, 0.25) is 0 Å². The van der Waals surface area contributed by atoms with Gasteiger partial charge in [-0.1, -0.05) is 54.6 Å². The summed E-state index contributed by atoms with van der Waals surface area (Å²) in [5, 5.41) is 12.1. The number of benzene rings is 5. The predicted molar refractivity (Wildman–Crippen MR) is 164 cm³/mol. The first kappa shape index (κ1) is 31.4. The van der Waals surface area contributed by atoms with Crippen LogP contribution in [0, 0.1) is 0 Å². The molecule has 1 heterocycles. The van der Waals surface area contributed by atoms with E-state index in [9.17, 15) is 35.8 Å². The summed E-state index contributed by atoms with van der Waals surface area (Å²) in [6.45, 7) is 0. The lowest BCUT2D eigenvalue weighted by atomic mass is 10.1. The number of anilines is 1. The second-order valence-electron chi connectivity index (χ2n) is 9.32. The maximum absolute atomic E-state index is 12.4. The Kier molecular flexibility index (Phi) is 8.98. The summed E-state index contributed by atoms with van der Waals surface area (Å²) in [7, 11) is -9.58. The zero-order chi connectivity index (χ0) is 32.2. The number of para-hydroxylation sites is 1. The van der Waals surface area contributed by atoms with Crippen molar-refractivity contribution in [3.63, 3.8) is 0 Å². The summed E-state index contributed by atoms with van der Waals surface area (Å²) >= 11 is 0. The van der Waals surface area contributed by atoms with Crippen molar-refractivity contribution in [1.82, 2.24) is 0 Å². The highest BCUT2D eigenvalue weighted by molar-refractivity contribution is 7.86. The Balaban J connectivity index is 0.000000200. The summed E-state index contributed by atoms with van der Waals surface area (Å²) in [6, 6.07) is 31.4. The Morgan fingerprint density at radius 2 is 1.36 bits per heavy atom. The molecule has 4 N–H and O–H groups in total. The number of phenolic OH excluding ortho intramolecular Hbond substituents is 1. The molecular formula is C30H23N2O10S2Si. The van der Waals surface area contributed by atoms with Gasteiger partial charge in [0.1, 0.15) is 10.6 Å². The Hall–Kier alpha value is -5.06. The number of rotatable bonds is 6. The Labute approximate surface area is 260 Å². The maximum atomic E-state index is 12.4. The van der Waals surface area contributed by atoms with Crippen LogP contribution in [0.25, 0.3) is 10.8 Å². The number of hydrogen-bond acceptors (Lipinski definition) is 8. The van der Waals surface area contributed by atoms with Gasteiger partial charge in [0.05, 0.1) is 16.1 Å². The normalized spacial score (nSPS) is 12.9. The molecule has 1 radical (unpaired) electrons. The first-order valence-electron chi connectivity index (χ1n) is 12.9. The number of carbonyl (C=O) groups is 1. The van der Waals surface area contributed by atoms with Gasteiger partial charge in [0.25, 0.3) is 31.8 Å². The van der Waals surface area contributed by atoms with E-state index in [1.165, 1.54) is 12.1 Å². The fourth-order valence-corrected chi connectivity index (χ4v) is 6.13. The molecule has 45 heavy (non-hydrogen) atoms. The van der Waals surface area contributed by atoms with Gasteiger partial charge in [-0.2, -0.15) is 16.8 Å². The highest BCUT2D eigenvalue weighted by Crippen LogP contribution is 2.38. The van der Waals surface area contributed by atoms with Gasteiger partial charge in [-0.3, -0.25) is 13.9 Å². The minimum absolute atomic E-state index is 0.00922. The molecule has 229 valence electrons. The molecular weight excluding hydrogens is 641 g/mol. The smallest absolute Gasteiger partial charge is 0.376 e. The lowest BCUT2D eigenvalue weighted by Gasteiger charge is -2.13. The van der Waals surface area contributed by atoms with E-state index in [0.717, 1.165) is 35.3 Å². The molecule has 1 aliphatic heterocycles. The number of nitrogens with one attached hydrogen (secondary N) is 1. The van der Waals surface area contributed by atoms with Crippen LogP contribution in [0.1, 0.15) is 15.9 Å². The summed E-state index contributed by atoms with van der Waals surface area (Å²) < 4.78 is 77.5. The van der Waals surface area contributed by atoms with Gasteiger partial charge in [0, 0.05) is 39.3 Å². The largest absolute Gasteiger partial charge is 0.638 e. The quantitative estimate of drug-likeness (QED) is 0.114. The molecule has 6 rings (SSSR count). The van der Waals surface area contributed by atoms with Crippen LogP contribution < -0.4 is 5.32 Å². The van der Waals surface area contributed by atoms with Gasteiger partial charge >= 0.3 is 5.90 Å². The van der Waals surface area contributed by atoms with Crippen LogP contribution in [0.3, 0.4) is 0 Å². The molecule has 1 amide bonds. The molecule has 5 aromatic carbocycles. The van der Waals surface area contributed by atoms with E-state index in [-0.39, 0.29) is 26.6 Å². The lowest BCUT2D eigenvalue weighted by Crippen LogP contribution is -2.12. The average molecular weight is 664 g/mol. The molecule has 5 aromatic rings. The van der Waals surface area contributed by atoms with Crippen LogP contribution in [-0.4, -0.2) is 57.6 Å². The van der Waals surface area contributed by atoms with Gasteiger partial charge < -0.3 is 19.4 Å². The van der Waals surface area contributed by atoms with Crippen molar-refractivity contribution in [2.45, 2.75) is 9.79 Å². The number of hydrogen-bond donors (Lipinski definition) is 4. The lowest BCUT2D eigenvalue weighted by molar-refractivity contribution is -0.680. The molecule has 15 heteroatoms. The third kappa shape index (κ3) is 7.19. The van der Waals surface area contributed by atoms with Crippen molar-refractivity contribution in [3.05, 3.63) is 126 Å². The van der Waals surface area contributed by atoms with Gasteiger partial charge in [-0.25, -0.2) is 0 Å². The summed E-state index contributed by atoms with van der Waals surface area (Å²) in [5.41, 5.74) is 2.23. The molecule has 1 aliphatic rings. The fraction of sp³-hybridized carbons (Fsp3) is 0. The van der Waals surface area contributed by atoms with Crippen molar-refractivity contribution >= 4 is 64.2 Å². The second-order valence-corrected chi connectivity index (χ2v) is 12.7. The standard InChI is InChI=1S/C17H13NO8S2.C13H10NO2Si/c19-14-9-11(27(21,22)23)8-12-15(28(24,25)26)7-6-13(16(12)14)18-17(20)10-4-2-1-3-5-10;1-3-7-11(8-4-1)13-14(16-17-15-13)12-9-5-2-6-10-12/h1-9,19H,(H,18,20)(H,21,22,23)(H,24,25,26);1-10H. The van der Waals surface area contributed by atoms with E-state index in [4.69, 9.17) is 8.95 Å². The monoisotopic (exact) mass is 663 g/mol. The number of carbonyl (C=O) groups excluding carboxylic acids is 1. The van der Waals surface area contributed by atoms with Crippen molar-refractivity contribution in [2.24, 2.45) is 0 Å². The van der Waals surface area contributed by atoms with Gasteiger partial charge in [-0.05, 0) is 42.5 Å². The SMILES string of the molecule is O=C(Nc1ccc(S(=O)(=O)O)c2cc(S(=O)(=O)O)cc(O)c12)c1ccccc1.c1ccc(C2=[N+](c3ccccc3)O[Si-]O2)cc1. The molecule has 0 atom stereocenters. The van der Waals surface area contributed by atoms with Crippen molar-refractivity contribution in [2.75, 3.05) is 5.32 Å². The van der Waals surface area contributed by atoms with Gasteiger partial charge in [-0.15, -0.1) is 0 Å². The van der Waals surface area contributed by atoms with Gasteiger partial charge in [0.15, 0.2) is 10.0 Å². The van der Waals surface area contributed by atoms with Crippen molar-refractivity contribution in [1.29, 1.82) is 0 Å². The van der Waals surface area contributed by atoms with Gasteiger partial charge in [0.2, 0.25) is 0 Å². The van der Waals surface area contributed by atoms with Crippen molar-refractivity contribution < 1.29 is 49.5 Å². The van der Waals surface area contributed by atoms with Crippen LogP contribution in [-0.2, 0) is 29.2 Å². The maximum Gasteiger partial charge on any atom is 0.376 e. The molecule has 0 saturated heterocycles. The topological polar surface area (TPSA) is 180 Å². The number of nitrogens with zero attached hydrogens (tertiary/aromatic N) is 1. The van der Waals surface area contributed by atoms with Crippen LogP contribution >= 0.6 is 0 Å². The first-order valence-corrected chi connectivity index (χ1v) is 16.6. The second kappa shape index (κ2) is 12.9. The zero-order valence-electron chi connectivity index (χ0n) is 22.9. The molecule has 0 spiro atoms. The van der Waals surface area contributed by atoms with E-state index in [0.29, 0.717) is 6.07 Å². The summed E-state index contributed by atoms with van der Waals surface area (Å²) in [4.78, 5) is 10.9. The molecule has 0 saturated carbocycles. The molecule has 12 nitrogen and oxygen atoms in total. The number of phenols is 1. The van der Waals surface area contributed by atoms with E-state index >= 15 is 0 Å². The molecule has 0 aliphatic carbocycles. The third-order valence-electron chi connectivity index (χ3n) is 6.35. The summed E-state index contributed by atoms with van der Waals surface area (Å²) in [5.74, 6) is -0.547. The highest BCUT2D eigenvalue weighted by atomic mass is 32.2. The minimum atomic E-state index is -4.81. The third-order valence-corrected chi connectivity index (χ3v) is 8.63. The Morgan fingerprint density at radius 1 is 0.756 bits per heavy atom. The number of aromatic hydroxyl groups is 1. The van der Waals surface area contributed by atoms with E-state index in [1.807, 2.05) is 60.7 Å². The van der Waals surface area contributed by atoms with E-state index in [1.54, 1.807) is 22.9 Å². The molecule has 0 fully saturated rings. The van der Waals surface area contributed by atoms with Crippen LogP contribution in [0.15, 0.2) is 125 Å². The zero-order valence-corrected chi connectivity index (χ0v) is 25.6. The Morgan fingerprint density at radius 3 is 1.96 bits per heavy atom. The van der Waals surface area contributed by atoms with Crippen LogP contribution in [0.4, 0.5) is 11.4 Å². The molecule has 0 bridgehead atoms. The van der Waals surface area contributed by atoms with Crippen molar-refractivity contribution in [3.8, 4) is 5.75 Å². The van der Waals surface area contributed by atoms with E-state index in [2.05, 4.69) is 5.32 Å². The average Bonchev–Trinajstić information content (AvgIpc) is 3.52. The Bertz CT molecular complexity index is 2080. The van der Waals surface area contributed by atoms with E-state index < -0.39 is 47.1 Å². The molecule has 0 unspecified atom stereocenters. The minimum Gasteiger partial charge on any atom is -0.638 e. The highest BCUT2D eigenvalue weighted by Gasteiger charge is 2.24. The summed E-state index contributed by atoms with van der Waals surface area (Å²) in [6.07, 6.45) is 0. The molecule has 0 aromatic heterocycles. The van der Waals surface area contributed by atoms with Crippen LogP contribution in [0.5, 0.6) is 5.75 Å². The fourth-order valence-electron chi connectivity index (χ4n) is 4.34.